The number of H-pyrrole nitrogens is 1. The number of rotatable bonds is 7. The summed E-state index contributed by atoms with van der Waals surface area (Å²) in [4.78, 5) is 26.9. The Hall–Kier alpha value is -1.66. The molecule has 0 amide bonds. The molecule has 0 aliphatic rings. The van der Waals surface area contributed by atoms with E-state index in [0.717, 1.165) is 14.6 Å². The van der Waals surface area contributed by atoms with Crippen molar-refractivity contribution >= 4 is 24.0 Å². The topological polar surface area (TPSA) is 84.3 Å². The van der Waals surface area contributed by atoms with Gasteiger partial charge in [-0.25, -0.2) is 0 Å². The predicted molar refractivity (Wildman–Crippen MR) is 94.7 cm³/mol. The molecule has 1 aromatic heterocycles. The van der Waals surface area contributed by atoms with Crippen LogP contribution >= 0.6 is 0 Å². The van der Waals surface area contributed by atoms with Gasteiger partial charge in [-0.15, -0.1) is 0 Å². The van der Waals surface area contributed by atoms with Crippen LogP contribution in [0.5, 0.6) is 0 Å². The molecular weight excluding hydrogens is 375 g/mol. The molecule has 0 aliphatic heterocycles. The van der Waals surface area contributed by atoms with Crippen molar-refractivity contribution in [1.29, 1.82) is 0 Å². The van der Waals surface area contributed by atoms with Gasteiger partial charge in [0.25, 0.3) is 0 Å². The molecule has 0 radical (unpaired) electrons. The summed E-state index contributed by atoms with van der Waals surface area (Å²) in [6, 6.07) is 8.05. The fraction of sp³-hybridized carbons (Fsp3) is 0.412. The van der Waals surface area contributed by atoms with Gasteiger partial charge in [0.05, 0.1) is 0 Å². The van der Waals surface area contributed by atoms with Crippen molar-refractivity contribution in [3.63, 3.8) is 0 Å². The Morgan fingerprint density at radius 3 is 2.71 bits per heavy atom. The molecule has 0 saturated heterocycles. The maximum absolute atomic E-state index is 12.3. The summed E-state index contributed by atoms with van der Waals surface area (Å²) in [6.45, 7) is 5.91. The summed E-state index contributed by atoms with van der Waals surface area (Å²) in [6.07, 6.45) is 0. The molecule has 2 rings (SSSR count). The average Bonchev–Trinajstić information content (AvgIpc) is 2.49. The van der Waals surface area contributed by atoms with Gasteiger partial charge < -0.3 is 0 Å². The van der Waals surface area contributed by atoms with E-state index in [1.54, 1.807) is 0 Å². The maximum atomic E-state index is 12.3. The molecule has 1 aromatic carbocycles. The minimum absolute atomic E-state index is 0.0127. The molecular formula is C17H22N2O4Se. The third-order valence-electron chi connectivity index (χ3n) is 3.42. The van der Waals surface area contributed by atoms with Gasteiger partial charge in [0.15, 0.2) is 0 Å². The predicted octanol–water partition coefficient (Wildman–Crippen LogP) is -0.410. The second-order valence-electron chi connectivity index (χ2n) is 5.74. The zero-order valence-electron chi connectivity index (χ0n) is 14.0. The van der Waals surface area contributed by atoms with E-state index in [-0.39, 0.29) is 46.4 Å². The van der Waals surface area contributed by atoms with Gasteiger partial charge in [-0.1, -0.05) is 0 Å². The van der Waals surface area contributed by atoms with Gasteiger partial charge >= 0.3 is 146 Å². The Labute approximate surface area is 146 Å². The first-order valence-electron chi connectivity index (χ1n) is 7.74. The van der Waals surface area contributed by atoms with E-state index in [1.807, 2.05) is 39.0 Å². The van der Waals surface area contributed by atoms with Gasteiger partial charge in [0.1, 0.15) is 0 Å². The van der Waals surface area contributed by atoms with E-state index in [4.69, 9.17) is 9.84 Å². The quantitative estimate of drug-likeness (QED) is 0.492. The summed E-state index contributed by atoms with van der Waals surface area (Å²) in [7, 11) is 0. The Balaban J connectivity index is 2.55. The van der Waals surface area contributed by atoms with Crippen molar-refractivity contribution in [2.75, 3.05) is 13.2 Å². The number of benzene rings is 1. The number of aliphatic hydroxyl groups is 1. The fourth-order valence-corrected chi connectivity index (χ4v) is 5.04. The number of hydrogen-bond acceptors (Lipinski definition) is 4. The van der Waals surface area contributed by atoms with Crippen LogP contribution in [0.15, 0.2) is 33.9 Å². The number of nitrogens with zero attached hydrogens (tertiary/aromatic N) is 1. The zero-order valence-corrected chi connectivity index (χ0v) is 15.7. The summed E-state index contributed by atoms with van der Waals surface area (Å²) in [5.41, 5.74) is 0.934. The number of nitrogens with one attached hydrogen (secondary N) is 1. The van der Waals surface area contributed by atoms with Crippen LogP contribution in [-0.2, 0) is 11.5 Å². The Kier molecular flexibility index (Phi) is 6.57. The van der Waals surface area contributed by atoms with E-state index < -0.39 is 5.69 Å². The molecule has 2 aromatic rings. The van der Waals surface area contributed by atoms with Crippen LogP contribution in [-0.4, -0.2) is 42.8 Å². The molecule has 0 spiro atoms. The Morgan fingerprint density at radius 2 is 2.08 bits per heavy atom. The van der Waals surface area contributed by atoms with E-state index in [2.05, 4.69) is 11.1 Å². The number of ether oxygens (including phenoxy) is 1. The van der Waals surface area contributed by atoms with Crippen LogP contribution in [0.25, 0.3) is 0 Å². The molecule has 0 fully saturated rings. The average molecular weight is 397 g/mol. The summed E-state index contributed by atoms with van der Waals surface area (Å²) < 4.78 is 8.60. The van der Waals surface area contributed by atoms with E-state index in [9.17, 15) is 9.59 Å². The standard InChI is InChI=1S/C17H22N2O4Se/c1-11(2)14-15(21)18-17(22)19(10-23-8-7-20)16(14)24-13-6-4-5-12(3)9-13/h4-6,9,11,20H,7-8,10H2,1-3H3,(H,18,21,22). The number of aromatic amines is 1. The second-order valence-corrected chi connectivity index (χ2v) is 7.97. The van der Waals surface area contributed by atoms with Crippen LogP contribution in [0, 0.1) is 6.92 Å². The molecule has 1 heterocycles. The van der Waals surface area contributed by atoms with Crippen LogP contribution < -0.4 is 20.3 Å². The first kappa shape index (κ1) is 18.7. The molecule has 0 saturated carbocycles. The van der Waals surface area contributed by atoms with Crippen molar-refractivity contribution in [1.82, 2.24) is 9.55 Å². The molecule has 0 bridgehead atoms. The third-order valence-corrected chi connectivity index (χ3v) is 5.78. The summed E-state index contributed by atoms with van der Waals surface area (Å²) >= 11 is -0.207. The van der Waals surface area contributed by atoms with Crippen molar-refractivity contribution in [3.05, 3.63) is 56.2 Å². The molecule has 24 heavy (non-hydrogen) atoms. The van der Waals surface area contributed by atoms with Crippen LogP contribution in [0.4, 0.5) is 0 Å². The number of aryl methyl sites for hydroxylation is 1. The second kappa shape index (κ2) is 8.44. The zero-order chi connectivity index (χ0) is 17.7. The first-order chi connectivity index (χ1) is 11.4. The van der Waals surface area contributed by atoms with Gasteiger partial charge in [-0.3, -0.25) is 0 Å². The Morgan fingerprint density at radius 1 is 1.33 bits per heavy atom. The molecule has 0 unspecified atom stereocenters. The van der Waals surface area contributed by atoms with Gasteiger partial charge in [-0.05, 0) is 0 Å². The number of aromatic nitrogens is 2. The Bertz CT molecular complexity index is 811. The monoisotopic (exact) mass is 398 g/mol. The van der Waals surface area contributed by atoms with Gasteiger partial charge in [0, 0.05) is 0 Å². The fourth-order valence-electron chi connectivity index (χ4n) is 2.31. The molecule has 2 N–H and O–H groups in total. The van der Waals surface area contributed by atoms with E-state index in [1.165, 1.54) is 4.57 Å². The van der Waals surface area contributed by atoms with Crippen molar-refractivity contribution < 1.29 is 9.84 Å². The SMILES string of the molecule is Cc1cccc([Se]c2c(C(C)C)c(=O)[nH]c(=O)n2COCCO)c1. The summed E-state index contributed by atoms with van der Waals surface area (Å²) in [5, 5.41) is 8.87. The number of hydrogen-bond donors (Lipinski definition) is 2. The third kappa shape index (κ3) is 4.45. The molecule has 6 nitrogen and oxygen atoms in total. The van der Waals surface area contributed by atoms with Crippen molar-refractivity contribution in [2.24, 2.45) is 0 Å². The van der Waals surface area contributed by atoms with Gasteiger partial charge in [-0.2, -0.15) is 0 Å². The number of aliphatic hydroxyl groups excluding tert-OH is 1. The molecule has 0 atom stereocenters. The van der Waals surface area contributed by atoms with Crippen LogP contribution in [0.3, 0.4) is 0 Å². The normalized spacial score (nSPS) is 11.2. The van der Waals surface area contributed by atoms with Crippen molar-refractivity contribution in [3.8, 4) is 0 Å². The van der Waals surface area contributed by atoms with Crippen LogP contribution in [0.1, 0.15) is 30.9 Å². The van der Waals surface area contributed by atoms with Crippen LogP contribution in [0.2, 0.25) is 0 Å². The van der Waals surface area contributed by atoms with E-state index in [0.29, 0.717) is 5.56 Å². The first-order valence-corrected chi connectivity index (χ1v) is 9.45. The van der Waals surface area contributed by atoms with Crippen molar-refractivity contribution in [2.45, 2.75) is 33.4 Å². The summed E-state index contributed by atoms with van der Waals surface area (Å²) in [5.74, 6) is -0.0138. The minimum atomic E-state index is -0.480. The van der Waals surface area contributed by atoms with Gasteiger partial charge in [0.2, 0.25) is 0 Å². The molecule has 0 aliphatic carbocycles. The molecule has 130 valence electrons. The van der Waals surface area contributed by atoms with E-state index >= 15 is 0 Å². The molecule has 7 heteroatoms.